The van der Waals surface area contributed by atoms with Crippen molar-refractivity contribution in [1.29, 1.82) is 0 Å². The summed E-state index contributed by atoms with van der Waals surface area (Å²) in [6.45, 7) is 5.58. The Bertz CT molecular complexity index is 1110. The quantitative estimate of drug-likeness (QED) is 0.327. The molecule has 0 aliphatic heterocycles. The summed E-state index contributed by atoms with van der Waals surface area (Å²) in [5.41, 5.74) is 3.82. The van der Waals surface area contributed by atoms with Crippen LogP contribution in [0.1, 0.15) is 57.1 Å². The molecule has 0 spiro atoms. The number of carbonyl (C=O) groups is 4. The van der Waals surface area contributed by atoms with Crippen molar-refractivity contribution >= 4 is 24.1 Å². The molecule has 1 atom stereocenters. The highest BCUT2D eigenvalue weighted by Crippen LogP contribution is 2.44. The normalized spacial score (nSPS) is 13.0. The summed E-state index contributed by atoms with van der Waals surface area (Å²) in [4.78, 5) is 47.6. The molecule has 3 rings (SSSR count). The molecule has 0 bridgehead atoms. The number of alkyl carbamates (subject to hydrolysis) is 2. The molecule has 0 saturated heterocycles. The molecule has 204 valence electrons. The molecule has 2 aromatic carbocycles. The average Bonchev–Trinajstić information content (AvgIpc) is 3.17. The van der Waals surface area contributed by atoms with Crippen LogP contribution in [0.25, 0.3) is 11.1 Å². The summed E-state index contributed by atoms with van der Waals surface area (Å²) < 4.78 is 10.6. The maximum atomic E-state index is 12.2. The molecular formula is C28H35N3O7. The number of carboxylic acids is 1. The molecular weight excluding hydrogens is 490 g/mol. The predicted octanol–water partition coefficient (Wildman–Crippen LogP) is 3.79. The number of carbonyl (C=O) groups excluding carboxylic acids is 3. The van der Waals surface area contributed by atoms with Gasteiger partial charge in [-0.25, -0.2) is 14.4 Å². The van der Waals surface area contributed by atoms with E-state index < -0.39 is 35.7 Å². The van der Waals surface area contributed by atoms with Gasteiger partial charge in [-0.1, -0.05) is 48.5 Å². The van der Waals surface area contributed by atoms with Crippen LogP contribution in [0.3, 0.4) is 0 Å². The molecule has 0 saturated carbocycles. The topological polar surface area (TPSA) is 143 Å². The Morgan fingerprint density at radius 1 is 0.895 bits per heavy atom. The lowest BCUT2D eigenvalue weighted by Crippen LogP contribution is -2.42. The van der Waals surface area contributed by atoms with Gasteiger partial charge < -0.3 is 30.5 Å². The van der Waals surface area contributed by atoms with Gasteiger partial charge in [0, 0.05) is 25.4 Å². The largest absolute Gasteiger partial charge is 0.480 e. The first-order valence-corrected chi connectivity index (χ1v) is 12.6. The summed E-state index contributed by atoms with van der Waals surface area (Å²) in [6, 6.07) is 14.9. The first-order valence-electron chi connectivity index (χ1n) is 12.6. The van der Waals surface area contributed by atoms with Crippen molar-refractivity contribution in [2.75, 3.05) is 19.7 Å². The van der Waals surface area contributed by atoms with Gasteiger partial charge in [0.25, 0.3) is 0 Å². The van der Waals surface area contributed by atoms with Crippen molar-refractivity contribution in [2.45, 2.75) is 57.6 Å². The minimum atomic E-state index is -1.18. The molecule has 0 radical (unpaired) electrons. The van der Waals surface area contributed by atoms with E-state index in [2.05, 4.69) is 28.1 Å². The molecule has 3 amide bonds. The van der Waals surface area contributed by atoms with Crippen LogP contribution in [0.15, 0.2) is 48.5 Å². The second-order valence-electron chi connectivity index (χ2n) is 10.0. The van der Waals surface area contributed by atoms with Crippen LogP contribution in [0.4, 0.5) is 9.59 Å². The average molecular weight is 526 g/mol. The van der Waals surface area contributed by atoms with E-state index in [4.69, 9.17) is 9.47 Å². The zero-order chi connectivity index (χ0) is 27.7. The van der Waals surface area contributed by atoms with Crippen LogP contribution in [-0.2, 0) is 19.1 Å². The Kier molecular flexibility index (Phi) is 9.70. The Hall–Kier alpha value is -4.08. The lowest BCUT2D eigenvalue weighted by molar-refractivity contribution is -0.142. The van der Waals surface area contributed by atoms with Crippen molar-refractivity contribution in [3.63, 3.8) is 0 Å². The van der Waals surface area contributed by atoms with Gasteiger partial charge in [0.1, 0.15) is 18.2 Å². The van der Waals surface area contributed by atoms with Crippen LogP contribution < -0.4 is 16.0 Å². The van der Waals surface area contributed by atoms with Crippen molar-refractivity contribution in [2.24, 2.45) is 0 Å². The summed E-state index contributed by atoms with van der Waals surface area (Å²) >= 11 is 0. The van der Waals surface area contributed by atoms with Gasteiger partial charge in [0.15, 0.2) is 0 Å². The van der Waals surface area contributed by atoms with Crippen molar-refractivity contribution in [3.05, 3.63) is 59.7 Å². The fourth-order valence-electron chi connectivity index (χ4n) is 4.26. The molecule has 0 aromatic heterocycles. The molecule has 38 heavy (non-hydrogen) atoms. The lowest BCUT2D eigenvalue weighted by Gasteiger charge is -2.20. The second-order valence-corrected chi connectivity index (χ2v) is 10.0. The lowest BCUT2D eigenvalue weighted by atomic mass is 9.98. The Labute approximate surface area is 222 Å². The van der Waals surface area contributed by atoms with Crippen LogP contribution >= 0.6 is 0 Å². The minimum Gasteiger partial charge on any atom is -0.480 e. The van der Waals surface area contributed by atoms with Gasteiger partial charge >= 0.3 is 18.2 Å². The molecule has 10 heteroatoms. The van der Waals surface area contributed by atoms with Crippen LogP contribution in [0, 0.1) is 0 Å². The third-order valence-corrected chi connectivity index (χ3v) is 5.94. The fourth-order valence-corrected chi connectivity index (χ4v) is 4.26. The third-order valence-electron chi connectivity index (χ3n) is 5.94. The Balaban J connectivity index is 1.37. The van der Waals surface area contributed by atoms with Crippen LogP contribution in [0.2, 0.25) is 0 Å². The van der Waals surface area contributed by atoms with E-state index in [0.29, 0.717) is 6.42 Å². The van der Waals surface area contributed by atoms with Gasteiger partial charge in [-0.2, -0.15) is 0 Å². The number of amides is 3. The molecule has 4 N–H and O–H groups in total. The molecule has 10 nitrogen and oxygen atoms in total. The van der Waals surface area contributed by atoms with Gasteiger partial charge in [0.05, 0.1) is 0 Å². The van der Waals surface area contributed by atoms with E-state index in [0.717, 1.165) is 22.3 Å². The van der Waals surface area contributed by atoms with Crippen molar-refractivity contribution in [3.8, 4) is 11.1 Å². The van der Waals surface area contributed by atoms with E-state index in [-0.39, 0.29) is 38.5 Å². The Morgan fingerprint density at radius 3 is 2.05 bits per heavy atom. The third kappa shape index (κ3) is 8.22. The molecule has 1 aliphatic rings. The van der Waals surface area contributed by atoms with E-state index in [1.165, 1.54) is 0 Å². The smallest absolute Gasteiger partial charge is 0.407 e. The van der Waals surface area contributed by atoms with Gasteiger partial charge in [-0.15, -0.1) is 0 Å². The summed E-state index contributed by atoms with van der Waals surface area (Å²) in [6.07, 6.45) is -0.898. The SMILES string of the molecule is CC(C)(C)OC(=O)NCCC[C@H](NC(=O)CCNC(=O)OCC1c2ccccc2-c2ccccc21)C(=O)O. The highest BCUT2D eigenvalue weighted by molar-refractivity contribution is 5.84. The summed E-state index contributed by atoms with van der Waals surface area (Å²) in [5.74, 6) is -1.77. The number of benzene rings is 2. The van der Waals surface area contributed by atoms with E-state index in [9.17, 15) is 24.3 Å². The number of hydrogen-bond donors (Lipinski definition) is 4. The molecule has 2 aromatic rings. The predicted molar refractivity (Wildman–Crippen MR) is 141 cm³/mol. The van der Waals surface area contributed by atoms with E-state index >= 15 is 0 Å². The summed E-state index contributed by atoms with van der Waals surface area (Å²) in [7, 11) is 0. The number of rotatable bonds is 11. The fraction of sp³-hybridized carbons (Fsp3) is 0.429. The number of nitrogens with one attached hydrogen (secondary N) is 3. The zero-order valence-electron chi connectivity index (χ0n) is 21.9. The highest BCUT2D eigenvalue weighted by Gasteiger charge is 2.29. The zero-order valence-corrected chi connectivity index (χ0v) is 21.9. The molecule has 0 unspecified atom stereocenters. The van der Waals surface area contributed by atoms with Crippen LogP contribution in [0.5, 0.6) is 0 Å². The first-order chi connectivity index (χ1) is 18.0. The number of hydrogen-bond acceptors (Lipinski definition) is 6. The van der Waals surface area contributed by atoms with E-state index in [1.54, 1.807) is 20.8 Å². The number of carboxylic acid groups (broad SMARTS) is 1. The first kappa shape index (κ1) is 28.5. The van der Waals surface area contributed by atoms with E-state index in [1.807, 2.05) is 36.4 Å². The van der Waals surface area contributed by atoms with Crippen LogP contribution in [-0.4, -0.2) is 60.5 Å². The Morgan fingerprint density at radius 2 is 1.47 bits per heavy atom. The maximum absolute atomic E-state index is 12.2. The minimum absolute atomic E-state index is 0.00491. The second kappa shape index (κ2) is 12.9. The number of ether oxygens (including phenoxy) is 2. The van der Waals surface area contributed by atoms with Crippen molar-refractivity contribution in [1.82, 2.24) is 16.0 Å². The molecule has 0 fully saturated rings. The monoisotopic (exact) mass is 525 g/mol. The van der Waals surface area contributed by atoms with Gasteiger partial charge in [0.2, 0.25) is 5.91 Å². The van der Waals surface area contributed by atoms with Crippen molar-refractivity contribution < 1.29 is 33.8 Å². The summed E-state index contributed by atoms with van der Waals surface area (Å²) in [5, 5.41) is 16.9. The van der Waals surface area contributed by atoms with Gasteiger partial charge in [-0.3, -0.25) is 4.79 Å². The number of fused-ring (bicyclic) bond motifs is 3. The van der Waals surface area contributed by atoms with Gasteiger partial charge in [-0.05, 0) is 55.9 Å². The molecule has 0 heterocycles. The number of aliphatic carboxylic acids is 1. The standard InChI is InChI=1S/C28H35N3O7/c1-28(2,3)38-27(36)29-15-8-13-23(25(33)34)31-24(32)14-16-30-26(35)37-17-22-20-11-6-4-9-18(20)19-10-5-7-12-21(19)22/h4-7,9-12,22-23H,8,13-17H2,1-3H3,(H,29,36)(H,30,35)(H,31,32)(H,33,34)/t23-/m0/s1. The maximum Gasteiger partial charge on any atom is 0.407 e. The molecule has 1 aliphatic carbocycles. The highest BCUT2D eigenvalue weighted by atomic mass is 16.6.